The summed E-state index contributed by atoms with van der Waals surface area (Å²) in [5.74, 6) is 0. The van der Waals surface area contributed by atoms with Crippen molar-refractivity contribution in [2.24, 2.45) is 7.05 Å². The number of aromatic nitrogens is 2. The van der Waals surface area contributed by atoms with Crippen LogP contribution in [0.3, 0.4) is 0 Å². The smallest absolute Gasteiger partial charge is 0.170 e. The van der Waals surface area contributed by atoms with Crippen molar-refractivity contribution in [3.05, 3.63) is 53.6 Å². The van der Waals surface area contributed by atoms with Gasteiger partial charge in [-0.25, -0.2) is 0 Å². The van der Waals surface area contributed by atoms with Crippen molar-refractivity contribution in [3.63, 3.8) is 0 Å². The van der Waals surface area contributed by atoms with Crippen molar-refractivity contribution in [1.29, 1.82) is 0 Å². The Balaban J connectivity index is 2.01. The van der Waals surface area contributed by atoms with Crippen molar-refractivity contribution in [2.75, 3.05) is 13.2 Å². The number of hydrogen-bond acceptors (Lipinski definition) is 3. The average molecular weight is 330 g/mol. The maximum absolute atomic E-state index is 9.20. The zero-order chi connectivity index (χ0) is 16.4. The molecule has 1 fully saturated rings. The summed E-state index contributed by atoms with van der Waals surface area (Å²) >= 11 is 5.55. The molecule has 0 amide bonds. The van der Waals surface area contributed by atoms with Gasteiger partial charge < -0.3 is 19.9 Å². The molecule has 0 bridgehead atoms. The molecule has 2 aromatic heterocycles. The normalized spacial score (nSPS) is 20.8. The second-order valence-electron chi connectivity index (χ2n) is 5.86. The first kappa shape index (κ1) is 16.0. The Morgan fingerprint density at radius 1 is 1.30 bits per heavy atom. The van der Waals surface area contributed by atoms with Gasteiger partial charge in [0.25, 0.3) is 0 Å². The quantitative estimate of drug-likeness (QED) is 0.822. The maximum atomic E-state index is 9.20. The second kappa shape index (κ2) is 6.68. The molecular weight excluding hydrogens is 308 g/mol. The Morgan fingerprint density at radius 2 is 2.13 bits per heavy atom. The minimum absolute atomic E-state index is 0.00962. The SMILES string of the molecule is Cc1ccc(C2C(c3ccccn3)NC(=S)N2CCCO)n1C. The third-order valence-electron chi connectivity index (χ3n) is 4.47. The fourth-order valence-corrected chi connectivity index (χ4v) is 3.47. The molecule has 1 saturated heterocycles. The predicted molar refractivity (Wildman–Crippen MR) is 94.0 cm³/mol. The molecule has 6 heteroatoms. The summed E-state index contributed by atoms with van der Waals surface area (Å²) in [4.78, 5) is 6.68. The number of aliphatic hydroxyl groups is 1. The van der Waals surface area contributed by atoms with Crippen LogP contribution in [0.4, 0.5) is 0 Å². The van der Waals surface area contributed by atoms with E-state index in [1.807, 2.05) is 24.4 Å². The van der Waals surface area contributed by atoms with E-state index in [9.17, 15) is 5.11 Å². The van der Waals surface area contributed by atoms with Crippen LogP contribution < -0.4 is 5.32 Å². The Labute approximate surface area is 142 Å². The molecule has 0 radical (unpaired) electrons. The molecular formula is C17H22N4OS. The molecule has 0 spiro atoms. The average Bonchev–Trinajstić information content (AvgIpc) is 3.06. The van der Waals surface area contributed by atoms with E-state index >= 15 is 0 Å². The second-order valence-corrected chi connectivity index (χ2v) is 6.24. The van der Waals surface area contributed by atoms with Crippen LogP contribution in [-0.2, 0) is 7.05 Å². The molecule has 0 aliphatic carbocycles. The van der Waals surface area contributed by atoms with Crippen LogP contribution in [0.5, 0.6) is 0 Å². The van der Waals surface area contributed by atoms with Gasteiger partial charge in [-0.1, -0.05) is 6.07 Å². The molecule has 0 saturated carbocycles. The van der Waals surface area contributed by atoms with E-state index in [4.69, 9.17) is 12.2 Å². The molecule has 1 aliphatic rings. The number of rotatable bonds is 5. The van der Waals surface area contributed by atoms with E-state index in [0.29, 0.717) is 6.42 Å². The standard InChI is InChI=1S/C17H22N4OS/c1-12-7-8-14(20(12)2)16-15(13-6-3-4-9-18-13)19-17(23)21(16)10-5-11-22/h3-4,6-9,15-16,22H,5,10-11H2,1-2H3,(H,19,23). The van der Waals surface area contributed by atoms with Crippen molar-refractivity contribution in [2.45, 2.75) is 25.4 Å². The zero-order valence-corrected chi connectivity index (χ0v) is 14.3. The van der Waals surface area contributed by atoms with E-state index in [1.165, 1.54) is 11.4 Å². The number of hydrogen-bond donors (Lipinski definition) is 2. The molecule has 2 atom stereocenters. The van der Waals surface area contributed by atoms with Crippen molar-refractivity contribution in [1.82, 2.24) is 19.8 Å². The lowest BCUT2D eigenvalue weighted by Gasteiger charge is -2.28. The summed E-state index contributed by atoms with van der Waals surface area (Å²) in [6.07, 6.45) is 2.50. The highest BCUT2D eigenvalue weighted by Crippen LogP contribution is 2.38. The minimum atomic E-state index is 0.00962. The number of aryl methyl sites for hydroxylation is 1. The van der Waals surface area contributed by atoms with Crippen molar-refractivity contribution in [3.8, 4) is 0 Å². The number of nitrogens with one attached hydrogen (secondary N) is 1. The van der Waals surface area contributed by atoms with E-state index < -0.39 is 0 Å². The highest BCUT2D eigenvalue weighted by atomic mass is 32.1. The fourth-order valence-electron chi connectivity index (χ4n) is 3.14. The lowest BCUT2D eigenvalue weighted by molar-refractivity contribution is 0.244. The van der Waals surface area contributed by atoms with Crippen molar-refractivity contribution >= 4 is 17.3 Å². The minimum Gasteiger partial charge on any atom is -0.396 e. The monoisotopic (exact) mass is 330 g/mol. The van der Waals surface area contributed by atoms with Gasteiger partial charge in [0.2, 0.25) is 0 Å². The first-order chi connectivity index (χ1) is 11.1. The van der Waals surface area contributed by atoms with Crippen LogP contribution in [0, 0.1) is 6.92 Å². The van der Waals surface area contributed by atoms with Gasteiger partial charge in [-0.3, -0.25) is 4.98 Å². The fraction of sp³-hybridized carbons (Fsp3) is 0.412. The van der Waals surface area contributed by atoms with Crippen LogP contribution in [0.2, 0.25) is 0 Å². The van der Waals surface area contributed by atoms with E-state index in [-0.39, 0.29) is 18.7 Å². The van der Waals surface area contributed by atoms with Gasteiger partial charge >= 0.3 is 0 Å². The van der Waals surface area contributed by atoms with Gasteiger partial charge in [-0.2, -0.15) is 0 Å². The number of aliphatic hydroxyl groups excluding tert-OH is 1. The molecule has 2 N–H and O–H groups in total. The summed E-state index contributed by atoms with van der Waals surface area (Å²) in [6.45, 7) is 2.98. The Kier molecular flexibility index (Phi) is 4.63. The summed E-state index contributed by atoms with van der Waals surface area (Å²) < 4.78 is 2.20. The summed E-state index contributed by atoms with van der Waals surface area (Å²) in [5.41, 5.74) is 3.38. The van der Waals surface area contributed by atoms with E-state index in [0.717, 1.165) is 17.4 Å². The molecule has 3 heterocycles. The molecule has 2 unspecified atom stereocenters. The van der Waals surface area contributed by atoms with Gasteiger partial charge in [0, 0.05) is 37.8 Å². The van der Waals surface area contributed by atoms with Gasteiger partial charge in [0.1, 0.15) is 0 Å². The van der Waals surface area contributed by atoms with Crippen LogP contribution in [-0.4, -0.2) is 37.8 Å². The third-order valence-corrected chi connectivity index (χ3v) is 4.82. The van der Waals surface area contributed by atoms with Gasteiger partial charge in [0.05, 0.1) is 17.8 Å². The molecule has 0 aromatic carbocycles. The molecule has 122 valence electrons. The van der Waals surface area contributed by atoms with Crippen LogP contribution in [0.1, 0.15) is 35.6 Å². The lowest BCUT2D eigenvalue weighted by atomic mass is 10.0. The highest BCUT2D eigenvalue weighted by molar-refractivity contribution is 7.80. The summed E-state index contributed by atoms with van der Waals surface area (Å²) in [6, 6.07) is 10.3. The van der Waals surface area contributed by atoms with Crippen molar-refractivity contribution < 1.29 is 5.11 Å². The number of nitrogens with zero attached hydrogens (tertiary/aromatic N) is 3. The molecule has 5 nitrogen and oxygen atoms in total. The van der Waals surface area contributed by atoms with E-state index in [1.54, 1.807) is 0 Å². The summed E-state index contributed by atoms with van der Waals surface area (Å²) in [5, 5.41) is 13.3. The lowest BCUT2D eigenvalue weighted by Crippen LogP contribution is -2.31. The predicted octanol–water partition coefficient (Wildman–Crippen LogP) is 2.08. The first-order valence-electron chi connectivity index (χ1n) is 7.84. The molecule has 3 rings (SSSR count). The van der Waals surface area contributed by atoms with Crippen LogP contribution in [0.15, 0.2) is 36.5 Å². The summed E-state index contributed by atoms with van der Waals surface area (Å²) in [7, 11) is 2.08. The maximum Gasteiger partial charge on any atom is 0.170 e. The molecule has 23 heavy (non-hydrogen) atoms. The van der Waals surface area contributed by atoms with Gasteiger partial charge in [0.15, 0.2) is 5.11 Å². The Hall–Kier alpha value is -1.92. The largest absolute Gasteiger partial charge is 0.396 e. The Morgan fingerprint density at radius 3 is 2.74 bits per heavy atom. The van der Waals surface area contributed by atoms with Crippen LogP contribution >= 0.6 is 12.2 Å². The number of thiocarbonyl (C=S) groups is 1. The van der Waals surface area contributed by atoms with Gasteiger partial charge in [-0.15, -0.1) is 0 Å². The first-order valence-corrected chi connectivity index (χ1v) is 8.25. The molecule has 1 aliphatic heterocycles. The van der Waals surface area contributed by atoms with Crippen LogP contribution in [0.25, 0.3) is 0 Å². The van der Waals surface area contributed by atoms with E-state index in [2.05, 4.69) is 45.9 Å². The third kappa shape index (κ3) is 2.96. The number of pyridine rings is 1. The Bertz CT molecular complexity index is 685. The molecule has 2 aromatic rings. The van der Waals surface area contributed by atoms with Gasteiger partial charge in [-0.05, 0) is 49.8 Å². The zero-order valence-electron chi connectivity index (χ0n) is 13.4. The highest BCUT2D eigenvalue weighted by Gasteiger charge is 2.40. The topological polar surface area (TPSA) is 53.3 Å².